The normalized spacial score (nSPS) is 12.2. The van der Waals surface area contributed by atoms with Crippen molar-refractivity contribution in [3.05, 3.63) is 58.7 Å². The van der Waals surface area contributed by atoms with Crippen LogP contribution >= 0.6 is 11.3 Å². The lowest BCUT2D eigenvalue weighted by molar-refractivity contribution is -0.124. The second kappa shape index (κ2) is 7.24. The summed E-state index contributed by atoms with van der Waals surface area (Å²) in [6.07, 6.45) is 0. The van der Waals surface area contributed by atoms with E-state index >= 15 is 0 Å². The van der Waals surface area contributed by atoms with Crippen LogP contribution in [0.1, 0.15) is 15.2 Å². The van der Waals surface area contributed by atoms with E-state index in [0.717, 1.165) is 16.9 Å². The first-order valence-electron chi connectivity index (χ1n) is 8.10. The van der Waals surface area contributed by atoms with Gasteiger partial charge in [0.2, 0.25) is 6.79 Å². The topological polar surface area (TPSA) is 73.9 Å². The molecule has 0 saturated heterocycles. The number of fused-ring (bicyclic) bond motifs is 2. The van der Waals surface area contributed by atoms with Crippen molar-refractivity contribution in [2.75, 3.05) is 13.4 Å². The molecule has 2 aromatic carbocycles. The molecule has 6 nitrogen and oxygen atoms in total. The zero-order valence-electron chi connectivity index (χ0n) is 14.0. The lowest BCUT2D eigenvalue weighted by Gasteiger charge is -2.07. The molecule has 1 N–H and O–H groups in total. The predicted molar refractivity (Wildman–Crippen MR) is 96.5 cm³/mol. The van der Waals surface area contributed by atoms with Gasteiger partial charge in [-0.3, -0.25) is 4.79 Å². The molecule has 0 radical (unpaired) electrons. The standard InChI is InChI=1S/C19H14FNO5S/c20-13-2-1-3-16-12(13)7-17(27-16)19(23)24-9-18(22)21-8-11-4-5-14-15(6-11)26-10-25-14/h1-7H,8-10H2,(H,21,22). The Bertz CT molecular complexity index is 1030. The quantitative estimate of drug-likeness (QED) is 0.681. The average molecular weight is 387 g/mol. The maximum atomic E-state index is 13.7. The number of thiophene rings is 1. The smallest absolute Gasteiger partial charge is 0.348 e. The van der Waals surface area contributed by atoms with E-state index in [1.54, 1.807) is 24.3 Å². The summed E-state index contributed by atoms with van der Waals surface area (Å²) < 4.78 is 29.9. The fourth-order valence-corrected chi connectivity index (χ4v) is 3.60. The molecular formula is C19H14FNO5S. The van der Waals surface area contributed by atoms with Gasteiger partial charge in [-0.1, -0.05) is 12.1 Å². The summed E-state index contributed by atoms with van der Waals surface area (Å²) in [4.78, 5) is 24.2. The van der Waals surface area contributed by atoms with Crippen molar-refractivity contribution in [3.63, 3.8) is 0 Å². The van der Waals surface area contributed by atoms with E-state index < -0.39 is 24.3 Å². The minimum absolute atomic E-state index is 0.183. The van der Waals surface area contributed by atoms with Crippen molar-refractivity contribution in [1.82, 2.24) is 5.32 Å². The Kier molecular flexibility index (Phi) is 4.64. The van der Waals surface area contributed by atoms with Crippen molar-refractivity contribution in [2.24, 2.45) is 0 Å². The van der Waals surface area contributed by atoms with Crippen molar-refractivity contribution in [1.29, 1.82) is 0 Å². The zero-order chi connectivity index (χ0) is 18.8. The van der Waals surface area contributed by atoms with Crippen molar-refractivity contribution in [2.45, 2.75) is 6.54 Å². The Balaban J connectivity index is 1.30. The third-order valence-electron chi connectivity index (χ3n) is 3.97. The first-order chi connectivity index (χ1) is 13.1. The highest BCUT2D eigenvalue weighted by atomic mass is 32.1. The van der Waals surface area contributed by atoms with Gasteiger partial charge in [-0.25, -0.2) is 9.18 Å². The summed E-state index contributed by atoms with van der Waals surface area (Å²) in [5.41, 5.74) is 0.832. The number of halogens is 1. The fourth-order valence-electron chi connectivity index (χ4n) is 2.63. The minimum atomic E-state index is -0.658. The Labute approximate surface area is 157 Å². The van der Waals surface area contributed by atoms with E-state index in [1.807, 2.05) is 6.07 Å². The molecule has 0 fully saturated rings. The summed E-state index contributed by atoms with van der Waals surface area (Å²) in [5.74, 6) is -0.199. The van der Waals surface area contributed by atoms with Gasteiger partial charge < -0.3 is 19.5 Å². The third-order valence-corrected chi connectivity index (χ3v) is 5.05. The largest absolute Gasteiger partial charge is 0.454 e. The van der Waals surface area contributed by atoms with E-state index in [1.165, 1.54) is 12.1 Å². The van der Waals surface area contributed by atoms with Crippen LogP contribution < -0.4 is 14.8 Å². The SMILES string of the molecule is O=C(COC(=O)c1cc2c(F)cccc2s1)NCc1ccc2c(c1)OCO2. The lowest BCUT2D eigenvalue weighted by Crippen LogP contribution is -2.28. The molecular weight excluding hydrogens is 373 g/mol. The number of hydrogen-bond donors (Lipinski definition) is 1. The number of nitrogens with one attached hydrogen (secondary N) is 1. The van der Waals surface area contributed by atoms with Gasteiger partial charge in [-0.05, 0) is 35.9 Å². The van der Waals surface area contributed by atoms with Gasteiger partial charge in [0.05, 0.1) is 0 Å². The van der Waals surface area contributed by atoms with Crippen LogP contribution in [0.5, 0.6) is 11.5 Å². The fraction of sp³-hybridized carbons (Fsp3) is 0.158. The van der Waals surface area contributed by atoms with Crippen LogP contribution in [0.2, 0.25) is 0 Å². The Morgan fingerprint density at radius 2 is 2.00 bits per heavy atom. The molecule has 138 valence electrons. The Morgan fingerprint density at radius 1 is 1.15 bits per heavy atom. The Hall–Kier alpha value is -3.13. The number of esters is 1. The molecule has 0 spiro atoms. The van der Waals surface area contributed by atoms with E-state index in [4.69, 9.17) is 14.2 Å². The van der Waals surface area contributed by atoms with E-state index in [0.29, 0.717) is 21.6 Å². The zero-order valence-corrected chi connectivity index (χ0v) is 14.8. The van der Waals surface area contributed by atoms with E-state index in [9.17, 15) is 14.0 Å². The summed E-state index contributed by atoms with van der Waals surface area (Å²) in [5, 5.41) is 3.03. The molecule has 0 atom stereocenters. The van der Waals surface area contributed by atoms with Gasteiger partial charge in [-0.2, -0.15) is 0 Å². The summed E-state index contributed by atoms with van der Waals surface area (Å²) >= 11 is 1.12. The molecule has 8 heteroatoms. The van der Waals surface area contributed by atoms with Gasteiger partial charge in [-0.15, -0.1) is 11.3 Å². The molecule has 3 aromatic rings. The summed E-state index contributed by atoms with van der Waals surface area (Å²) in [7, 11) is 0. The second-order valence-electron chi connectivity index (χ2n) is 5.80. The van der Waals surface area contributed by atoms with Crippen LogP contribution in [0.3, 0.4) is 0 Å². The number of rotatable bonds is 5. The third kappa shape index (κ3) is 3.70. The van der Waals surface area contributed by atoms with Crippen LogP contribution in [0.4, 0.5) is 4.39 Å². The van der Waals surface area contributed by atoms with Crippen LogP contribution in [0, 0.1) is 5.82 Å². The van der Waals surface area contributed by atoms with Crippen molar-refractivity contribution in [3.8, 4) is 11.5 Å². The number of hydrogen-bond acceptors (Lipinski definition) is 6. The van der Waals surface area contributed by atoms with Gasteiger partial charge in [0.1, 0.15) is 10.7 Å². The minimum Gasteiger partial charge on any atom is -0.454 e. The molecule has 0 unspecified atom stereocenters. The number of carbonyl (C=O) groups excluding carboxylic acids is 2. The number of carbonyl (C=O) groups is 2. The summed E-state index contributed by atoms with van der Waals surface area (Å²) in [6.45, 7) is 0.0317. The maximum absolute atomic E-state index is 13.7. The van der Waals surface area contributed by atoms with Crippen molar-refractivity contribution >= 4 is 33.3 Å². The highest BCUT2D eigenvalue weighted by molar-refractivity contribution is 7.20. The monoisotopic (exact) mass is 387 g/mol. The Morgan fingerprint density at radius 3 is 2.85 bits per heavy atom. The molecule has 1 amide bonds. The van der Waals surface area contributed by atoms with Crippen LogP contribution in [0.25, 0.3) is 10.1 Å². The van der Waals surface area contributed by atoms with Crippen molar-refractivity contribution < 1.29 is 28.2 Å². The highest BCUT2D eigenvalue weighted by Gasteiger charge is 2.16. The molecule has 2 heterocycles. The van der Waals surface area contributed by atoms with Crippen LogP contribution in [0.15, 0.2) is 42.5 Å². The molecule has 1 aliphatic rings. The number of ether oxygens (including phenoxy) is 3. The van der Waals surface area contributed by atoms with Gasteiger partial charge in [0.25, 0.3) is 5.91 Å². The van der Waals surface area contributed by atoms with Gasteiger partial charge in [0, 0.05) is 16.6 Å². The molecule has 1 aromatic heterocycles. The first kappa shape index (κ1) is 17.3. The number of amides is 1. The summed E-state index contributed by atoms with van der Waals surface area (Å²) in [6, 6.07) is 11.4. The molecule has 1 aliphatic heterocycles. The van der Waals surface area contributed by atoms with E-state index in [-0.39, 0.29) is 18.2 Å². The van der Waals surface area contributed by atoms with Gasteiger partial charge in [0.15, 0.2) is 18.1 Å². The highest BCUT2D eigenvalue weighted by Crippen LogP contribution is 2.32. The van der Waals surface area contributed by atoms with Crippen LogP contribution in [-0.2, 0) is 16.1 Å². The molecule has 27 heavy (non-hydrogen) atoms. The predicted octanol–water partition coefficient (Wildman–Crippen LogP) is 3.24. The average Bonchev–Trinajstić information content (AvgIpc) is 3.31. The van der Waals surface area contributed by atoms with E-state index in [2.05, 4.69) is 5.32 Å². The van der Waals surface area contributed by atoms with Crippen LogP contribution in [-0.4, -0.2) is 25.3 Å². The number of benzene rings is 2. The van der Waals surface area contributed by atoms with Gasteiger partial charge >= 0.3 is 5.97 Å². The molecule has 0 bridgehead atoms. The maximum Gasteiger partial charge on any atom is 0.348 e. The molecule has 4 rings (SSSR count). The molecule has 0 aliphatic carbocycles. The lowest BCUT2D eigenvalue weighted by atomic mass is 10.2. The second-order valence-corrected chi connectivity index (χ2v) is 6.89. The first-order valence-corrected chi connectivity index (χ1v) is 8.92. The molecule has 0 saturated carbocycles.